The summed E-state index contributed by atoms with van der Waals surface area (Å²) in [7, 11) is 0. The Morgan fingerprint density at radius 3 is 2.33 bits per heavy atom. The largest absolute Gasteiger partial charge is 0.386 e. The van der Waals surface area contributed by atoms with Gasteiger partial charge in [-0.3, -0.25) is 9.59 Å². The van der Waals surface area contributed by atoms with Crippen LogP contribution in [0.5, 0.6) is 0 Å². The van der Waals surface area contributed by atoms with E-state index in [2.05, 4.69) is 13.8 Å². The monoisotopic (exact) mass is 332 g/mol. The maximum absolute atomic E-state index is 13.0. The first-order chi connectivity index (χ1) is 10.9. The summed E-state index contributed by atoms with van der Waals surface area (Å²) in [6.07, 6.45) is 4.88. The van der Waals surface area contributed by atoms with E-state index in [-0.39, 0.29) is 28.5 Å². The summed E-state index contributed by atoms with van der Waals surface area (Å²) in [6.45, 7) is 9.51. The van der Waals surface area contributed by atoms with Crippen LogP contribution in [0, 0.1) is 23.2 Å². The Bertz CT molecular complexity index is 667. The number of aliphatic hydroxyl groups is 2. The molecule has 24 heavy (non-hydrogen) atoms. The van der Waals surface area contributed by atoms with Gasteiger partial charge in [0.2, 0.25) is 0 Å². The lowest BCUT2D eigenvalue weighted by Crippen LogP contribution is -2.42. The van der Waals surface area contributed by atoms with Crippen LogP contribution in [0.15, 0.2) is 23.3 Å². The average molecular weight is 332 g/mol. The first kappa shape index (κ1) is 17.6. The molecule has 1 fully saturated rings. The highest BCUT2D eigenvalue weighted by Crippen LogP contribution is 2.63. The van der Waals surface area contributed by atoms with Crippen molar-refractivity contribution in [2.75, 3.05) is 0 Å². The second-order valence-electron chi connectivity index (χ2n) is 8.91. The number of carbonyl (C=O) groups excluding carboxylic acids is 2. The van der Waals surface area contributed by atoms with Gasteiger partial charge in [0.15, 0.2) is 17.2 Å². The minimum Gasteiger partial charge on any atom is -0.386 e. The first-order valence-electron chi connectivity index (χ1n) is 8.87. The van der Waals surface area contributed by atoms with Crippen molar-refractivity contribution in [3.8, 4) is 0 Å². The molecule has 0 aromatic rings. The van der Waals surface area contributed by atoms with Crippen molar-refractivity contribution in [3.05, 3.63) is 23.3 Å². The molecular weight excluding hydrogens is 304 g/mol. The molecule has 0 aliphatic heterocycles. The van der Waals surface area contributed by atoms with Gasteiger partial charge in [0, 0.05) is 11.5 Å². The molecule has 0 bridgehead atoms. The molecule has 3 aliphatic carbocycles. The van der Waals surface area contributed by atoms with Crippen LogP contribution in [0.25, 0.3) is 0 Å². The summed E-state index contributed by atoms with van der Waals surface area (Å²) in [5, 5.41) is 21.8. The Hall–Kier alpha value is -1.26. The van der Waals surface area contributed by atoms with Crippen molar-refractivity contribution >= 4 is 11.6 Å². The van der Waals surface area contributed by atoms with E-state index in [1.54, 1.807) is 13.8 Å². The van der Waals surface area contributed by atoms with Crippen LogP contribution < -0.4 is 0 Å². The minimum atomic E-state index is -1.90. The number of hydrogen-bond donors (Lipinski definition) is 2. The maximum atomic E-state index is 13.0. The van der Waals surface area contributed by atoms with Gasteiger partial charge in [0.25, 0.3) is 0 Å². The van der Waals surface area contributed by atoms with Gasteiger partial charge in [0.05, 0.1) is 5.60 Å². The number of rotatable bonds is 0. The lowest BCUT2D eigenvalue weighted by atomic mass is 9.81. The zero-order chi connectivity index (χ0) is 18.1. The molecule has 0 saturated heterocycles. The fourth-order valence-electron chi connectivity index (χ4n) is 4.81. The van der Waals surface area contributed by atoms with Crippen molar-refractivity contribution in [2.45, 2.75) is 65.1 Å². The Balaban J connectivity index is 2.06. The predicted octanol–water partition coefficient (Wildman–Crippen LogP) is 2.59. The minimum absolute atomic E-state index is 0.0247. The Morgan fingerprint density at radius 2 is 1.71 bits per heavy atom. The predicted molar refractivity (Wildman–Crippen MR) is 91.2 cm³/mol. The van der Waals surface area contributed by atoms with Gasteiger partial charge in [0.1, 0.15) is 0 Å². The topological polar surface area (TPSA) is 74.6 Å². The van der Waals surface area contributed by atoms with Crippen LogP contribution in [0.4, 0.5) is 0 Å². The van der Waals surface area contributed by atoms with E-state index in [9.17, 15) is 19.8 Å². The third kappa shape index (κ3) is 2.51. The number of fused-ring (bicyclic) bond motifs is 2. The summed E-state index contributed by atoms with van der Waals surface area (Å²) < 4.78 is 0. The highest BCUT2D eigenvalue weighted by molar-refractivity contribution is 6.19. The lowest BCUT2D eigenvalue weighted by molar-refractivity contribution is -0.135. The molecule has 3 rings (SSSR count). The van der Waals surface area contributed by atoms with Crippen molar-refractivity contribution in [1.82, 2.24) is 0 Å². The van der Waals surface area contributed by atoms with Gasteiger partial charge in [-0.05, 0) is 68.1 Å². The van der Waals surface area contributed by atoms with E-state index >= 15 is 0 Å². The number of allylic oxidation sites excluding steroid dienone is 1. The third-order valence-electron chi connectivity index (χ3n) is 6.57. The highest BCUT2D eigenvalue weighted by Gasteiger charge is 2.59. The summed E-state index contributed by atoms with van der Waals surface area (Å²) in [6, 6.07) is 0. The van der Waals surface area contributed by atoms with Crippen molar-refractivity contribution < 1.29 is 19.8 Å². The molecule has 0 amide bonds. The normalized spacial score (nSPS) is 47.0. The van der Waals surface area contributed by atoms with E-state index in [1.165, 1.54) is 12.2 Å². The van der Waals surface area contributed by atoms with Crippen molar-refractivity contribution in [2.24, 2.45) is 23.2 Å². The van der Waals surface area contributed by atoms with Crippen LogP contribution in [-0.4, -0.2) is 33.0 Å². The maximum Gasteiger partial charge on any atom is 0.188 e. The smallest absolute Gasteiger partial charge is 0.188 e. The van der Waals surface area contributed by atoms with E-state index in [0.717, 1.165) is 12.8 Å². The summed E-state index contributed by atoms with van der Waals surface area (Å²) in [5.41, 5.74) is -2.56. The van der Waals surface area contributed by atoms with Gasteiger partial charge in [-0.15, -0.1) is 0 Å². The van der Waals surface area contributed by atoms with E-state index in [1.807, 2.05) is 6.92 Å². The number of carbonyl (C=O) groups is 2. The number of Topliss-reactive ketones (excluding diaryl/α,β-unsaturated/α-hetero) is 2. The van der Waals surface area contributed by atoms with E-state index < -0.39 is 11.2 Å². The quantitative estimate of drug-likeness (QED) is 0.715. The molecule has 0 heterocycles. The molecule has 132 valence electrons. The fraction of sp³-hybridized carbons (Fsp3) is 0.700. The third-order valence-corrected chi connectivity index (χ3v) is 6.57. The molecule has 3 aliphatic rings. The molecule has 0 aromatic heterocycles. The van der Waals surface area contributed by atoms with Gasteiger partial charge in [-0.25, -0.2) is 0 Å². The molecule has 4 heteroatoms. The van der Waals surface area contributed by atoms with Crippen LogP contribution in [0.1, 0.15) is 53.9 Å². The molecule has 5 atom stereocenters. The second-order valence-corrected chi connectivity index (χ2v) is 8.91. The standard InChI is InChI=1S/C20H28O4/c1-11-8-14-13(18(14,3)4)6-7-19(5,23)10-15-16(21)12(2)9-20(15,24)17(11)22/h9-11,13-14,23-24H,6-8H2,1-5H3/b15-10+/t11-,13+,14-,19+,20+/m1/s1. The summed E-state index contributed by atoms with van der Waals surface area (Å²) in [4.78, 5) is 25.4. The van der Waals surface area contributed by atoms with Gasteiger partial charge in [-0.2, -0.15) is 0 Å². The lowest BCUT2D eigenvalue weighted by Gasteiger charge is -2.27. The molecule has 0 unspecified atom stereocenters. The summed E-state index contributed by atoms with van der Waals surface area (Å²) in [5.74, 6) is -0.121. The molecule has 0 spiro atoms. The summed E-state index contributed by atoms with van der Waals surface area (Å²) >= 11 is 0. The SMILES string of the molecule is CC1=C[C@@]2(O)C(=O)[C@H](C)C[C@@H]3[C@H](CC[C@](C)(O)/C=C/2C1=O)C3(C)C. The Labute approximate surface area is 143 Å². The zero-order valence-corrected chi connectivity index (χ0v) is 15.2. The number of hydrogen-bond acceptors (Lipinski definition) is 4. The number of ketones is 2. The molecular formula is C20H28O4. The van der Waals surface area contributed by atoms with Crippen LogP contribution in [0.3, 0.4) is 0 Å². The average Bonchev–Trinajstić information content (AvgIpc) is 2.91. The molecule has 2 N–H and O–H groups in total. The Kier molecular flexibility index (Phi) is 3.75. The van der Waals surface area contributed by atoms with E-state index in [0.29, 0.717) is 23.8 Å². The fourth-order valence-corrected chi connectivity index (χ4v) is 4.81. The van der Waals surface area contributed by atoms with Gasteiger partial charge >= 0.3 is 0 Å². The van der Waals surface area contributed by atoms with Crippen LogP contribution >= 0.6 is 0 Å². The first-order valence-corrected chi connectivity index (χ1v) is 8.87. The molecule has 0 aromatic carbocycles. The van der Waals surface area contributed by atoms with Crippen LogP contribution in [-0.2, 0) is 9.59 Å². The molecule has 0 radical (unpaired) electrons. The highest BCUT2D eigenvalue weighted by atomic mass is 16.3. The van der Waals surface area contributed by atoms with Gasteiger partial charge in [-0.1, -0.05) is 20.8 Å². The second kappa shape index (κ2) is 5.12. The zero-order valence-electron chi connectivity index (χ0n) is 15.2. The molecule has 4 nitrogen and oxygen atoms in total. The van der Waals surface area contributed by atoms with Crippen molar-refractivity contribution in [1.29, 1.82) is 0 Å². The van der Waals surface area contributed by atoms with E-state index in [4.69, 9.17) is 0 Å². The van der Waals surface area contributed by atoms with Gasteiger partial charge < -0.3 is 10.2 Å². The Morgan fingerprint density at radius 1 is 1.08 bits per heavy atom. The van der Waals surface area contributed by atoms with Crippen LogP contribution in [0.2, 0.25) is 0 Å². The molecule has 1 saturated carbocycles. The van der Waals surface area contributed by atoms with Crippen molar-refractivity contribution in [3.63, 3.8) is 0 Å².